The Morgan fingerprint density at radius 3 is 2.65 bits per heavy atom. The number of benzene rings is 1. The fourth-order valence-corrected chi connectivity index (χ4v) is 2.07. The largest absolute Gasteiger partial charge is 0.497 e. The van der Waals surface area contributed by atoms with Crippen LogP contribution in [0.5, 0.6) is 5.75 Å². The lowest BCUT2D eigenvalue weighted by molar-refractivity contribution is 0.0686. The van der Waals surface area contributed by atoms with Crippen LogP contribution in [-0.2, 0) is 0 Å². The van der Waals surface area contributed by atoms with E-state index < -0.39 is 0 Å². The molecule has 20 heavy (non-hydrogen) atoms. The highest BCUT2D eigenvalue weighted by atomic mass is 16.5. The lowest BCUT2D eigenvalue weighted by Gasteiger charge is -2.29. The van der Waals surface area contributed by atoms with Crippen LogP contribution in [0.25, 0.3) is 0 Å². The Hall–Kier alpha value is -1.71. The third kappa shape index (κ3) is 3.89. The number of ether oxygens (including phenoxy) is 1. The number of carbonyl (C=O) groups is 1. The van der Waals surface area contributed by atoms with Crippen LogP contribution in [0.3, 0.4) is 0 Å². The van der Waals surface area contributed by atoms with Crippen LogP contribution in [0.4, 0.5) is 5.69 Å². The molecule has 0 aliphatic carbocycles. The van der Waals surface area contributed by atoms with Crippen molar-refractivity contribution in [2.75, 3.05) is 19.4 Å². The zero-order valence-electron chi connectivity index (χ0n) is 13.0. The zero-order valence-corrected chi connectivity index (χ0v) is 13.0. The van der Waals surface area contributed by atoms with Crippen LogP contribution in [0.1, 0.15) is 50.4 Å². The van der Waals surface area contributed by atoms with Gasteiger partial charge in [-0.3, -0.25) is 4.79 Å². The molecular formula is C16H26N2O2. The number of methoxy groups -OCH3 is 1. The van der Waals surface area contributed by atoms with E-state index in [1.807, 2.05) is 4.90 Å². The van der Waals surface area contributed by atoms with Crippen LogP contribution in [0.2, 0.25) is 0 Å². The molecule has 112 valence electrons. The summed E-state index contributed by atoms with van der Waals surface area (Å²) in [6.07, 6.45) is 2.99. The van der Waals surface area contributed by atoms with Gasteiger partial charge in [0, 0.05) is 18.3 Å². The average Bonchev–Trinajstić information content (AvgIpc) is 2.47. The number of nitrogens with zero attached hydrogens (tertiary/aromatic N) is 1. The number of carbonyl (C=O) groups excluding carboxylic acids is 1. The van der Waals surface area contributed by atoms with Crippen LogP contribution in [0, 0.1) is 0 Å². The van der Waals surface area contributed by atoms with Gasteiger partial charge in [-0.15, -0.1) is 0 Å². The number of anilines is 1. The SMILES string of the molecule is CCCCN(C(=O)c1cc(OC)ccc1N)C(C)CC. The van der Waals surface area contributed by atoms with E-state index in [0.29, 0.717) is 17.0 Å². The normalized spacial score (nSPS) is 12.0. The van der Waals surface area contributed by atoms with Gasteiger partial charge in [0.1, 0.15) is 5.75 Å². The highest BCUT2D eigenvalue weighted by Crippen LogP contribution is 2.22. The van der Waals surface area contributed by atoms with Gasteiger partial charge in [-0.1, -0.05) is 20.3 Å². The summed E-state index contributed by atoms with van der Waals surface area (Å²) in [5.41, 5.74) is 6.98. The molecule has 4 heteroatoms. The van der Waals surface area contributed by atoms with Crippen molar-refractivity contribution in [3.63, 3.8) is 0 Å². The molecular weight excluding hydrogens is 252 g/mol. The quantitative estimate of drug-likeness (QED) is 0.778. The van der Waals surface area contributed by atoms with Gasteiger partial charge in [0.25, 0.3) is 5.91 Å². The molecule has 0 aliphatic heterocycles. The number of hydrogen-bond acceptors (Lipinski definition) is 3. The molecule has 0 saturated heterocycles. The van der Waals surface area contributed by atoms with Gasteiger partial charge in [-0.05, 0) is 38.0 Å². The number of nitrogen functional groups attached to an aromatic ring is 1. The van der Waals surface area contributed by atoms with Gasteiger partial charge < -0.3 is 15.4 Å². The van der Waals surface area contributed by atoms with E-state index in [1.54, 1.807) is 25.3 Å². The molecule has 1 amide bonds. The Bertz CT molecular complexity index is 446. The molecule has 1 rings (SSSR count). The third-order valence-corrected chi connectivity index (χ3v) is 3.63. The third-order valence-electron chi connectivity index (χ3n) is 3.63. The number of unbranched alkanes of at least 4 members (excludes halogenated alkanes) is 1. The first kappa shape index (κ1) is 16.3. The molecule has 1 aromatic rings. The molecule has 2 N–H and O–H groups in total. The molecule has 0 radical (unpaired) electrons. The Morgan fingerprint density at radius 2 is 2.10 bits per heavy atom. The lowest BCUT2D eigenvalue weighted by Crippen LogP contribution is -2.39. The number of hydrogen-bond donors (Lipinski definition) is 1. The first-order valence-electron chi connectivity index (χ1n) is 7.29. The fraction of sp³-hybridized carbons (Fsp3) is 0.562. The van der Waals surface area contributed by atoms with Crippen LogP contribution in [0.15, 0.2) is 18.2 Å². The number of rotatable bonds is 7. The van der Waals surface area contributed by atoms with E-state index in [2.05, 4.69) is 20.8 Å². The highest BCUT2D eigenvalue weighted by Gasteiger charge is 2.22. The van der Waals surface area contributed by atoms with E-state index in [4.69, 9.17) is 10.5 Å². The second kappa shape index (κ2) is 7.78. The highest BCUT2D eigenvalue weighted by molar-refractivity contribution is 5.99. The van der Waals surface area contributed by atoms with Gasteiger partial charge in [0.2, 0.25) is 0 Å². The van der Waals surface area contributed by atoms with Crippen molar-refractivity contribution in [2.45, 2.75) is 46.1 Å². The Kier molecular flexibility index (Phi) is 6.36. The Labute approximate surface area is 121 Å². The summed E-state index contributed by atoms with van der Waals surface area (Å²) in [6.45, 7) is 7.05. The van der Waals surface area contributed by atoms with Crippen molar-refractivity contribution < 1.29 is 9.53 Å². The molecule has 0 heterocycles. The Morgan fingerprint density at radius 1 is 1.40 bits per heavy atom. The first-order chi connectivity index (χ1) is 9.54. The summed E-state index contributed by atoms with van der Waals surface area (Å²) in [6, 6.07) is 5.42. The maximum absolute atomic E-state index is 12.7. The zero-order chi connectivity index (χ0) is 15.1. The number of nitrogens with two attached hydrogens (primary N) is 1. The van der Waals surface area contributed by atoms with Crippen molar-refractivity contribution in [1.29, 1.82) is 0 Å². The summed E-state index contributed by atoms with van der Waals surface area (Å²) in [4.78, 5) is 14.6. The summed E-state index contributed by atoms with van der Waals surface area (Å²) in [5, 5.41) is 0. The molecule has 1 atom stereocenters. The predicted molar refractivity (Wildman–Crippen MR) is 83.1 cm³/mol. The van der Waals surface area contributed by atoms with Crippen molar-refractivity contribution in [3.05, 3.63) is 23.8 Å². The molecule has 1 unspecified atom stereocenters. The predicted octanol–water partition coefficient (Wildman–Crippen LogP) is 3.32. The minimum atomic E-state index is -0.01000. The summed E-state index contributed by atoms with van der Waals surface area (Å²) < 4.78 is 5.18. The summed E-state index contributed by atoms with van der Waals surface area (Å²) in [7, 11) is 1.59. The average molecular weight is 278 g/mol. The van der Waals surface area contributed by atoms with Crippen LogP contribution >= 0.6 is 0 Å². The first-order valence-corrected chi connectivity index (χ1v) is 7.29. The maximum atomic E-state index is 12.7. The van der Waals surface area contributed by atoms with Gasteiger partial charge in [0.15, 0.2) is 0 Å². The van der Waals surface area contributed by atoms with Crippen molar-refractivity contribution in [2.24, 2.45) is 0 Å². The minimum absolute atomic E-state index is 0.01000. The van der Waals surface area contributed by atoms with E-state index in [-0.39, 0.29) is 11.9 Å². The van der Waals surface area contributed by atoms with E-state index in [1.165, 1.54) is 0 Å². The molecule has 0 spiro atoms. The van der Waals surface area contributed by atoms with E-state index in [9.17, 15) is 4.79 Å². The topological polar surface area (TPSA) is 55.6 Å². The smallest absolute Gasteiger partial charge is 0.256 e. The molecule has 0 fully saturated rings. The van der Waals surface area contributed by atoms with Crippen molar-refractivity contribution in [1.82, 2.24) is 4.90 Å². The second-order valence-corrected chi connectivity index (χ2v) is 5.06. The molecule has 4 nitrogen and oxygen atoms in total. The molecule has 0 saturated carbocycles. The van der Waals surface area contributed by atoms with E-state index >= 15 is 0 Å². The number of amides is 1. The molecule has 0 aromatic heterocycles. The van der Waals surface area contributed by atoms with Gasteiger partial charge in [-0.25, -0.2) is 0 Å². The minimum Gasteiger partial charge on any atom is -0.497 e. The Balaban J connectivity index is 3.04. The monoisotopic (exact) mass is 278 g/mol. The van der Waals surface area contributed by atoms with Gasteiger partial charge in [0.05, 0.1) is 12.7 Å². The van der Waals surface area contributed by atoms with Crippen LogP contribution in [-0.4, -0.2) is 30.5 Å². The second-order valence-electron chi connectivity index (χ2n) is 5.06. The summed E-state index contributed by atoms with van der Waals surface area (Å²) in [5.74, 6) is 0.645. The lowest BCUT2D eigenvalue weighted by atomic mass is 10.1. The standard InChI is InChI=1S/C16H26N2O2/c1-5-7-10-18(12(3)6-2)16(19)14-11-13(20-4)8-9-15(14)17/h8-9,11-12H,5-7,10,17H2,1-4H3. The van der Waals surface area contributed by atoms with Gasteiger partial charge >= 0.3 is 0 Å². The molecule has 0 aliphatic rings. The van der Waals surface area contributed by atoms with Gasteiger partial charge in [-0.2, -0.15) is 0 Å². The van der Waals surface area contributed by atoms with Crippen LogP contribution < -0.4 is 10.5 Å². The van der Waals surface area contributed by atoms with Crippen molar-refractivity contribution >= 4 is 11.6 Å². The maximum Gasteiger partial charge on any atom is 0.256 e. The summed E-state index contributed by atoms with van der Waals surface area (Å²) >= 11 is 0. The molecule has 0 bridgehead atoms. The van der Waals surface area contributed by atoms with Crippen molar-refractivity contribution in [3.8, 4) is 5.75 Å². The van der Waals surface area contributed by atoms with E-state index in [0.717, 1.165) is 25.8 Å². The fourth-order valence-electron chi connectivity index (χ4n) is 2.07. The molecule has 1 aromatic carbocycles.